The number of aliphatic imine (C=N–C) groups is 1. The fourth-order valence-electron chi connectivity index (χ4n) is 2.04. The molecule has 19 heavy (non-hydrogen) atoms. The number of hydrogen-bond donors (Lipinski definition) is 2. The predicted molar refractivity (Wildman–Crippen MR) is 78.3 cm³/mol. The van der Waals surface area contributed by atoms with Gasteiger partial charge in [-0.15, -0.1) is 11.3 Å². The largest absolute Gasteiger partial charge is 0.370 e. The van der Waals surface area contributed by atoms with Gasteiger partial charge in [0.15, 0.2) is 5.96 Å². The highest BCUT2D eigenvalue weighted by molar-refractivity contribution is 7.09. The molecule has 1 saturated heterocycles. The molecule has 0 unspecified atom stereocenters. The van der Waals surface area contributed by atoms with E-state index in [1.54, 1.807) is 11.3 Å². The van der Waals surface area contributed by atoms with E-state index in [-0.39, 0.29) is 12.5 Å². The lowest BCUT2D eigenvalue weighted by molar-refractivity contribution is -0.128. The molecule has 1 aliphatic heterocycles. The van der Waals surface area contributed by atoms with Gasteiger partial charge in [-0.25, -0.2) is 4.99 Å². The first kappa shape index (κ1) is 13.9. The lowest BCUT2D eigenvalue weighted by Crippen LogP contribution is -2.35. The van der Waals surface area contributed by atoms with Crippen LogP contribution in [0, 0.1) is 0 Å². The Hall–Kier alpha value is -1.56. The molecule has 1 aromatic heterocycles. The highest BCUT2D eigenvalue weighted by atomic mass is 32.1. The maximum Gasteiger partial charge on any atom is 0.244 e. The Morgan fingerprint density at radius 3 is 2.95 bits per heavy atom. The Bertz CT molecular complexity index is 424. The third-order valence-electron chi connectivity index (χ3n) is 3.10. The second kappa shape index (κ2) is 7.13. The van der Waals surface area contributed by atoms with Crippen molar-refractivity contribution in [1.82, 2.24) is 10.2 Å². The third-order valence-corrected chi connectivity index (χ3v) is 4.04. The van der Waals surface area contributed by atoms with E-state index in [4.69, 9.17) is 5.73 Å². The Morgan fingerprint density at radius 1 is 1.47 bits per heavy atom. The van der Waals surface area contributed by atoms with Gasteiger partial charge in [0.25, 0.3) is 0 Å². The molecule has 2 heterocycles. The maximum atomic E-state index is 11.7. The molecule has 0 bridgehead atoms. The molecule has 0 aromatic carbocycles. The van der Waals surface area contributed by atoms with Gasteiger partial charge in [-0.05, 0) is 30.7 Å². The van der Waals surface area contributed by atoms with Gasteiger partial charge in [0.1, 0.15) is 6.54 Å². The molecule has 0 atom stereocenters. The summed E-state index contributed by atoms with van der Waals surface area (Å²) >= 11 is 1.73. The van der Waals surface area contributed by atoms with E-state index in [9.17, 15) is 4.79 Å². The van der Waals surface area contributed by atoms with Crippen LogP contribution >= 0.6 is 11.3 Å². The minimum atomic E-state index is 0.0699. The zero-order valence-electron chi connectivity index (χ0n) is 11.0. The first-order chi connectivity index (χ1) is 9.25. The van der Waals surface area contributed by atoms with Crippen molar-refractivity contribution in [2.75, 3.05) is 26.2 Å². The van der Waals surface area contributed by atoms with Gasteiger partial charge in [0.2, 0.25) is 5.91 Å². The van der Waals surface area contributed by atoms with Gasteiger partial charge in [-0.3, -0.25) is 4.79 Å². The molecule has 0 spiro atoms. The first-order valence-electron chi connectivity index (χ1n) is 6.59. The molecule has 104 valence electrons. The second-order valence-corrected chi connectivity index (χ2v) is 5.58. The van der Waals surface area contributed by atoms with Crippen LogP contribution in [0.3, 0.4) is 0 Å². The number of amides is 1. The van der Waals surface area contributed by atoms with Crippen molar-refractivity contribution in [3.63, 3.8) is 0 Å². The molecule has 0 saturated carbocycles. The first-order valence-corrected chi connectivity index (χ1v) is 7.47. The SMILES string of the molecule is NC(=NCC(=O)N1CCCC1)NCCc1cccs1. The van der Waals surface area contributed by atoms with E-state index in [0.29, 0.717) is 5.96 Å². The summed E-state index contributed by atoms with van der Waals surface area (Å²) in [5.41, 5.74) is 5.73. The summed E-state index contributed by atoms with van der Waals surface area (Å²) in [6.07, 6.45) is 3.13. The zero-order chi connectivity index (χ0) is 13.5. The quantitative estimate of drug-likeness (QED) is 0.619. The fourth-order valence-corrected chi connectivity index (χ4v) is 2.75. The molecule has 1 aliphatic rings. The monoisotopic (exact) mass is 280 g/mol. The van der Waals surface area contributed by atoms with Crippen LogP contribution in [0.25, 0.3) is 0 Å². The van der Waals surface area contributed by atoms with Gasteiger partial charge in [-0.2, -0.15) is 0 Å². The molecule has 3 N–H and O–H groups in total. The molecular weight excluding hydrogens is 260 g/mol. The summed E-state index contributed by atoms with van der Waals surface area (Å²) in [6.45, 7) is 2.62. The summed E-state index contributed by atoms with van der Waals surface area (Å²) in [5.74, 6) is 0.421. The number of thiophene rings is 1. The molecule has 1 aromatic rings. The van der Waals surface area contributed by atoms with Crippen LogP contribution in [0.4, 0.5) is 0 Å². The second-order valence-electron chi connectivity index (χ2n) is 4.55. The van der Waals surface area contributed by atoms with Gasteiger partial charge in [0, 0.05) is 24.5 Å². The van der Waals surface area contributed by atoms with E-state index in [0.717, 1.165) is 38.9 Å². The minimum absolute atomic E-state index is 0.0699. The lowest BCUT2D eigenvalue weighted by atomic mass is 10.3. The molecule has 1 amide bonds. The molecule has 6 heteroatoms. The average molecular weight is 280 g/mol. The van der Waals surface area contributed by atoms with Crippen molar-refractivity contribution < 1.29 is 4.79 Å². The van der Waals surface area contributed by atoms with Crippen LogP contribution in [0.15, 0.2) is 22.5 Å². The van der Waals surface area contributed by atoms with Crippen LogP contribution in [0.1, 0.15) is 17.7 Å². The Kier molecular flexibility index (Phi) is 5.20. The van der Waals surface area contributed by atoms with E-state index in [2.05, 4.69) is 21.8 Å². The average Bonchev–Trinajstić information content (AvgIpc) is 3.08. The van der Waals surface area contributed by atoms with Gasteiger partial charge < -0.3 is 16.0 Å². The number of likely N-dealkylation sites (tertiary alicyclic amines) is 1. The van der Waals surface area contributed by atoms with Crippen LogP contribution in [0.5, 0.6) is 0 Å². The number of nitrogens with two attached hydrogens (primary N) is 1. The lowest BCUT2D eigenvalue weighted by Gasteiger charge is -2.13. The topological polar surface area (TPSA) is 70.7 Å². The number of nitrogens with one attached hydrogen (secondary N) is 1. The Balaban J connectivity index is 1.65. The van der Waals surface area contributed by atoms with Gasteiger partial charge in [0.05, 0.1) is 0 Å². The van der Waals surface area contributed by atoms with Crippen molar-refractivity contribution in [2.45, 2.75) is 19.3 Å². The van der Waals surface area contributed by atoms with Crippen molar-refractivity contribution in [3.05, 3.63) is 22.4 Å². The van der Waals surface area contributed by atoms with E-state index in [1.165, 1.54) is 4.88 Å². The highest BCUT2D eigenvalue weighted by Crippen LogP contribution is 2.08. The van der Waals surface area contributed by atoms with Crippen molar-refractivity contribution in [3.8, 4) is 0 Å². The summed E-state index contributed by atoms with van der Waals surface area (Å²) in [5, 5.41) is 5.09. The Morgan fingerprint density at radius 2 is 2.26 bits per heavy atom. The van der Waals surface area contributed by atoms with Crippen molar-refractivity contribution in [2.24, 2.45) is 10.7 Å². The number of nitrogens with zero attached hydrogens (tertiary/aromatic N) is 2. The van der Waals surface area contributed by atoms with Crippen LogP contribution in [-0.4, -0.2) is 42.9 Å². The number of hydrogen-bond acceptors (Lipinski definition) is 3. The summed E-state index contributed by atoms with van der Waals surface area (Å²) in [6, 6.07) is 4.13. The predicted octanol–water partition coefficient (Wildman–Crippen LogP) is 0.817. The normalized spacial score (nSPS) is 15.8. The maximum absolute atomic E-state index is 11.7. The number of carbonyl (C=O) groups excluding carboxylic acids is 1. The van der Waals surface area contributed by atoms with Gasteiger partial charge >= 0.3 is 0 Å². The fraction of sp³-hybridized carbons (Fsp3) is 0.538. The van der Waals surface area contributed by atoms with Crippen molar-refractivity contribution in [1.29, 1.82) is 0 Å². The minimum Gasteiger partial charge on any atom is -0.370 e. The van der Waals surface area contributed by atoms with Gasteiger partial charge in [-0.1, -0.05) is 6.07 Å². The van der Waals surface area contributed by atoms with E-state index >= 15 is 0 Å². The van der Waals surface area contributed by atoms with Crippen LogP contribution < -0.4 is 11.1 Å². The molecule has 1 fully saturated rings. The molecule has 0 radical (unpaired) electrons. The standard InChI is InChI=1S/C13H20N4OS/c14-13(15-6-5-11-4-3-9-19-11)16-10-12(18)17-7-1-2-8-17/h3-4,9H,1-2,5-8,10H2,(H3,14,15,16). The number of carbonyl (C=O) groups is 1. The third kappa shape index (κ3) is 4.55. The highest BCUT2D eigenvalue weighted by Gasteiger charge is 2.16. The molecule has 5 nitrogen and oxygen atoms in total. The molecule has 0 aliphatic carbocycles. The molecule has 2 rings (SSSR count). The zero-order valence-corrected chi connectivity index (χ0v) is 11.8. The molecular formula is C13H20N4OS. The smallest absolute Gasteiger partial charge is 0.244 e. The van der Waals surface area contributed by atoms with Crippen molar-refractivity contribution >= 4 is 23.2 Å². The summed E-state index contributed by atoms with van der Waals surface area (Å²) in [7, 11) is 0. The van der Waals surface area contributed by atoms with E-state index < -0.39 is 0 Å². The number of guanidine groups is 1. The van der Waals surface area contributed by atoms with Crippen LogP contribution in [0.2, 0.25) is 0 Å². The van der Waals surface area contributed by atoms with E-state index in [1.807, 2.05) is 11.0 Å². The number of rotatable bonds is 5. The van der Waals surface area contributed by atoms with Crippen LogP contribution in [-0.2, 0) is 11.2 Å². The summed E-state index contributed by atoms with van der Waals surface area (Å²) < 4.78 is 0. The Labute approximate surface area is 117 Å². The summed E-state index contributed by atoms with van der Waals surface area (Å²) in [4.78, 5) is 19.0.